The van der Waals surface area contributed by atoms with E-state index in [-0.39, 0.29) is 17.3 Å². The lowest BCUT2D eigenvalue weighted by atomic mass is 9.98. The maximum absolute atomic E-state index is 14.0. The van der Waals surface area contributed by atoms with E-state index in [1.165, 1.54) is 25.1 Å². The van der Waals surface area contributed by atoms with Gasteiger partial charge < -0.3 is 19.5 Å². The van der Waals surface area contributed by atoms with E-state index in [4.69, 9.17) is 4.74 Å². The molecule has 0 saturated carbocycles. The minimum absolute atomic E-state index is 0.110. The summed E-state index contributed by atoms with van der Waals surface area (Å²) in [4.78, 5) is 15.3. The summed E-state index contributed by atoms with van der Waals surface area (Å²) < 4.78 is 22.6. The number of methoxy groups -OCH3 is 1. The monoisotopic (exact) mass is 446 g/mol. The number of nitrogens with one attached hydrogen (secondary N) is 1. The molecule has 0 radical (unpaired) electrons. The first-order chi connectivity index (χ1) is 14.8. The standard InChI is InChI=1S/C24H31FN2O3S/c1-5-27-11-10-16(14-27)12-17-13-18(25)6-9-21(17)31-26-20-8-7-19(15(2)3)23(30-4)22(20)24(28)29/h6-9,13,15-16,26H,5,10-12,14H2,1-4H3,(H,28,29)/t16-/m1/s1. The van der Waals surface area contributed by atoms with Crippen LogP contribution in [0.2, 0.25) is 0 Å². The highest BCUT2D eigenvalue weighted by Crippen LogP contribution is 2.37. The van der Waals surface area contributed by atoms with Gasteiger partial charge in [0.2, 0.25) is 0 Å². The number of halogens is 1. The van der Waals surface area contributed by atoms with Crippen molar-refractivity contribution >= 4 is 23.6 Å². The van der Waals surface area contributed by atoms with E-state index in [0.717, 1.165) is 48.5 Å². The highest BCUT2D eigenvalue weighted by Gasteiger charge is 2.24. The van der Waals surface area contributed by atoms with Crippen LogP contribution in [-0.2, 0) is 6.42 Å². The second kappa shape index (κ2) is 10.4. The summed E-state index contributed by atoms with van der Waals surface area (Å²) in [6.45, 7) is 9.31. The zero-order valence-corrected chi connectivity index (χ0v) is 19.4. The van der Waals surface area contributed by atoms with Gasteiger partial charge in [0.1, 0.15) is 17.1 Å². The number of hydrogen-bond acceptors (Lipinski definition) is 5. The molecule has 1 atom stereocenters. The first-order valence-electron chi connectivity index (χ1n) is 10.7. The number of carboxylic acid groups (broad SMARTS) is 1. The molecule has 168 valence electrons. The minimum Gasteiger partial charge on any atom is -0.495 e. The highest BCUT2D eigenvalue weighted by molar-refractivity contribution is 8.00. The third kappa shape index (κ3) is 5.52. The minimum atomic E-state index is -1.05. The zero-order chi connectivity index (χ0) is 22.5. The van der Waals surface area contributed by atoms with E-state index in [1.807, 2.05) is 19.9 Å². The van der Waals surface area contributed by atoms with E-state index in [2.05, 4.69) is 16.5 Å². The highest BCUT2D eigenvalue weighted by atomic mass is 32.2. The predicted molar refractivity (Wildman–Crippen MR) is 124 cm³/mol. The van der Waals surface area contributed by atoms with Gasteiger partial charge in [-0.05, 0) is 85.1 Å². The van der Waals surface area contributed by atoms with Crippen molar-refractivity contribution in [3.8, 4) is 5.75 Å². The van der Waals surface area contributed by atoms with Crippen molar-refractivity contribution in [1.82, 2.24) is 4.90 Å². The summed E-state index contributed by atoms with van der Waals surface area (Å²) in [7, 11) is 1.49. The molecule has 1 saturated heterocycles. The van der Waals surface area contributed by atoms with Gasteiger partial charge >= 0.3 is 5.97 Å². The Kier molecular flexibility index (Phi) is 7.84. The molecule has 7 heteroatoms. The van der Waals surface area contributed by atoms with E-state index < -0.39 is 5.97 Å². The van der Waals surface area contributed by atoms with Gasteiger partial charge in [-0.25, -0.2) is 9.18 Å². The lowest BCUT2D eigenvalue weighted by Crippen LogP contribution is -2.20. The maximum atomic E-state index is 14.0. The van der Waals surface area contributed by atoms with Crippen molar-refractivity contribution in [2.75, 3.05) is 31.5 Å². The molecular weight excluding hydrogens is 415 g/mol. The average molecular weight is 447 g/mol. The number of anilines is 1. The molecule has 3 rings (SSSR count). The Labute approximate surface area is 188 Å². The van der Waals surface area contributed by atoms with Gasteiger partial charge in [0.05, 0.1) is 12.8 Å². The van der Waals surface area contributed by atoms with Gasteiger partial charge in [-0.2, -0.15) is 0 Å². The Hall–Kier alpha value is -2.25. The van der Waals surface area contributed by atoms with E-state index in [9.17, 15) is 14.3 Å². The van der Waals surface area contributed by atoms with E-state index in [1.54, 1.807) is 18.2 Å². The first-order valence-corrected chi connectivity index (χ1v) is 11.5. The fraction of sp³-hybridized carbons (Fsp3) is 0.458. The van der Waals surface area contributed by atoms with Crippen LogP contribution in [0, 0.1) is 11.7 Å². The van der Waals surface area contributed by atoms with Crippen LogP contribution in [0.5, 0.6) is 5.75 Å². The Morgan fingerprint density at radius 3 is 2.74 bits per heavy atom. The second-order valence-corrected chi connectivity index (χ2v) is 9.13. The number of benzene rings is 2. The van der Waals surface area contributed by atoms with Gasteiger partial charge in [0.15, 0.2) is 0 Å². The summed E-state index contributed by atoms with van der Waals surface area (Å²) in [5, 5.41) is 9.83. The lowest BCUT2D eigenvalue weighted by molar-refractivity contribution is 0.0694. The van der Waals surface area contributed by atoms with Crippen LogP contribution in [0.25, 0.3) is 0 Å². The number of hydrogen-bond donors (Lipinski definition) is 2. The van der Waals surface area contributed by atoms with Crippen LogP contribution in [-0.4, -0.2) is 42.7 Å². The van der Waals surface area contributed by atoms with Gasteiger partial charge in [0.25, 0.3) is 0 Å². The van der Waals surface area contributed by atoms with Crippen molar-refractivity contribution in [1.29, 1.82) is 0 Å². The number of rotatable bonds is 9. The Balaban J connectivity index is 1.84. The average Bonchev–Trinajstić information content (AvgIpc) is 3.19. The van der Waals surface area contributed by atoms with Crippen LogP contribution in [0.3, 0.4) is 0 Å². The Morgan fingerprint density at radius 2 is 2.13 bits per heavy atom. The van der Waals surface area contributed by atoms with Gasteiger partial charge in [0, 0.05) is 11.4 Å². The summed E-state index contributed by atoms with van der Waals surface area (Å²) in [6, 6.07) is 8.46. The van der Waals surface area contributed by atoms with Crippen LogP contribution in [0.1, 0.15) is 54.6 Å². The topological polar surface area (TPSA) is 61.8 Å². The maximum Gasteiger partial charge on any atom is 0.341 e. The molecule has 0 aromatic heterocycles. The van der Waals surface area contributed by atoms with Gasteiger partial charge in [-0.15, -0.1) is 0 Å². The SMILES string of the molecule is CCN1CC[C@H](Cc2cc(F)ccc2SNc2ccc(C(C)C)c(OC)c2C(=O)O)C1. The quantitative estimate of drug-likeness (QED) is 0.485. The Bertz CT molecular complexity index is 935. The summed E-state index contributed by atoms with van der Waals surface area (Å²) in [6.07, 6.45) is 1.92. The molecule has 5 nitrogen and oxygen atoms in total. The zero-order valence-electron chi connectivity index (χ0n) is 18.6. The lowest BCUT2D eigenvalue weighted by Gasteiger charge is -2.19. The van der Waals surface area contributed by atoms with E-state index in [0.29, 0.717) is 17.4 Å². The number of aromatic carboxylic acids is 1. The van der Waals surface area contributed by atoms with Crippen LogP contribution >= 0.6 is 11.9 Å². The molecule has 0 spiro atoms. The van der Waals surface area contributed by atoms with Crippen molar-refractivity contribution in [3.05, 3.63) is 52.8 Å². The molecule has 1 heterocycles. The molecule has 2 aromatic rings. The number of carbonyl (C=O) groups is 1. The second-order valence-electron chi connectivity index (χ2n) is 8.28. The molecule has 1 aliphatic heterocycles. The van der Waals surface area contributed by atoms with Crippen molar-refractivity contribution < 1.29 is 19.0 Å². The molecule has 31 heavy (non-hydrogen) atoms. The third-order valence-electron chi connectivity index (χ3n) is 5.85. The molecule has 0 bridgehead atoms. The number of likely N-dealkylation sites (tertiary alicyclic amines) is 1. The van der Waals surface area contributed by atoms with Crippen LogP contribution < -0.4 is 9.46 Å². The first kappa shape index (κ1) is 23.4. The van der Waals surface area contributed by atoms with Crippen molar-refractivity contribution in [2.45, 2.75) is 44.4 Å². The summed E-state index contributed by atoms with van der Waals surface area (Å²) >= 11 is 1.31. The molecule has 1 fully saturated rings. The van der Waals surface area contributed by atoms with Crippen LogP contribution in [0.4, 0.5) is 10.1 Å². The van der Waals surface area contributed by atoms with Gasteiger partial charge in [-0.3, -0.25) is 0 Å². The molecular formula is C24H31FN2O3S. The predicted octanol–water partition coefficient (Wildman–Crippen LogP) is 5.66. The number of ether oxygens (including phenoxy) is 1. The molecule has 0 amide bonds. The third-order valence-corrected chi connectivity index (χ3v) is 6.79. The molecule has 2 N–H and O–H groups in total. The fourth-order valence-electron chi connectivity index (χ4n) is 4.17. The smallest absolute Gasteiger partial charge is 0.341 e. The normalized spacial score (nSPS) is 16.6. The van der Waals surface area contributed by atoms with Crippen LogP contribution in [0.15, 0.2) is 35.2 Å². The summed E-state index contributed by atoms with van der Waals surface area (Å²) in [5.74, 6) is -0.294. The van der Waals surface area contributed by atoms with Crippen molar-refractivity contribution in [2.24, 2.45) is 5.92 Å². The largest absolute Gasteiger partial charge is 0.495 e. The van der Waals surface area contributed by atoms with E-state index >= 15 is 0 Å². The Morgan fingerprint density at radius 1 is 1.35 bits per heavy atom. The number of carboxylic acids is 1. The molecule has 1 aliphatic rings. The van der Waals surface area contributed by atoms with Gasteiger partial charge in [-0.1, -0.05) is 26.8 Å². The molecule has 0 aliphatic carbocycles. The summed E-state index contributed by atoms with van der Waals surface area (Å²) in [5.41, 5.74) is 2.37. The van der Waals surface area contributed by atoms with Crippen molar-refractivity contribution in [3.63, 3.8) is 0 Å². The fourth-order valence-corrected chi connectivity index (χ4v) is 4.96. The molecule has 0 unspecified atom stereocenters. The molecule has 2 aromatic carbocycles. The number of nitrogens with zero attached hydrogens (tertiary/aromatic N) is 1.